The SMILES string of the molecule is C=CCn1c(SC(C(=O)Nc2ccccc2C(F)(F)F)C(C)C)nc2cc(Cl)ccc2c1=O. The van der Waals surface area contributed by atoms with Gasteiger partial charge in [-0.15, -0.1) is 6.58 Å². The first kappa shape index (κ1) is 24.9. The number of benzene rings is 2. The Morgan fingerprint density at radius 2 is 1.97 bits per heavy atom. The summed E-state index contributed by atoms with van der Waals surface area (Å²) in [5.74, 6) is -0.908. The summed E-state index contributed by atoms with van der Waals surface area (Å²) in [6.07, 6.45) is -3.09. The number of aromatic nitrogens is 2. The van der Waals surface area contributed by atoms with Gasteiger partial charge in [-0.05, 0) is 36.2 Å². The molecule has 0 fully saturated rings. The van der Waals surface area contributed by atoms with Gasteiger partial charge >= 0.3 is 6.18 Å². The predicted octanol–water partition coefficient (Wildman–Crippen LogP) is 6.01. The van der Waals surface area contributed by atoms with Crippen molar-refractivity contribution in [3.63, 3.8) is 0 Å². The maximum Gasteiger partial charge on any atom is 0.418 e. The number of allylic oxidation sites excluding steroid dienone is 1. The van der Waals surface area contributed by atoms with Crippen LogP contribution in [-0.2, 0) is 17.5 Å². The molecule has 3 aromatic rings. The maximum absolute atomic E-state index is 13.3. The van der Waals surface area contributed by atoms with Crippen molar-refractivity contribution < 1.29 is 18.0 Å². The normalized spacial score (nSPS) is 12.7. The van der Waals surface area contributed by atoms with Crippen molar-refractivity contribution in [2.75, 3.05) is 5.32 Å². The van der Waals surface area contributed by atoms with Gasteiger partial charge in [-0.25, -0.2) is 4.98 Å². The number of amides is 1. The van der Waals surface area contributed by atoms with E-state index in [9.17, 15) is 22.8 Å². The van der Waals surface area contributed by atoms with Crippen LogP contribution in [0.4, 0.5) is 18.9 Å². The standard InChI is InChI=1S/C23H21ClF3N3O2S/c1-4-11-30-21(32)15-10-9-14(24)12-18(15)29-22(30)33-19(13(2)3)20(31)28-17-8-6-5-7-16(17)23(25,26)27/h4-10,12-13,19H,1,11H2,2-3H3,(H,28,31). The van der Waals surface area contributed by atoms with E-state index >= 15 is 0 Å². The van der Waals surface area contributed by atoms with E-state index in [0.29, 0.717) is 15.9 Å². The molecule has 1 aromatic heterocycles. The largest absolute Gasteiger partial charge is 0.418 e. The van der Waals surface area contributed by atoms with E-state index in [2.05, 4.69) is 16.9 Å². The minimum Gasteiger partial charge on any atom is -0.325 e. The number of hydrogen-bond acceptors (Lipinski definition) is 4. The lowest BCUT2D eigenvalue weighted by molar-refractivity contribution is -0.137. The van der Waals surface area contributed by atoms with Crippen LogP contribution in [0.2, 0.25) is 5.02 Å². The van der Waals surface area contributed by atoms with Crippen molar-refractivity contribution in [3.8, 4) is 0 Å². The van der Waals surface area contributed by atoms with Crippen molar-refractivity contribution in [2.45, 2.75) is 37.0 Å². The monoisotopic (exact) mass is 495 g/mol. The fraction of sp³-hybridized carbons (Fsp3) is 0.261. The zero-order valence-electron chi connectivity index (χ0n) is 17.8. The average Bonchev–Trinajstić information content (AvgIpc) is 2.73. The Hall–Kier alpha value is -2.78. The topological polar surface area (TPSA) is 64.0 Å². The van der Waals surface area contributed by atoms with Crippen molar-refractivity contribution in [2.24, 2.45) is 5.92 Å². The molecule has 1 unspecified atom stereocenters. The van der Waals surface area contributed by atoms with Gasteiger partial charge in [-0.2, -0.15) is 13.2 Å². The molecule has 0 aliphatic rings. The number of para-hydroxylation sites is 1. The summed E-state index contributed by atoms with van der Waals surface area (Å²) in [6.45, 7) is 7.34. The highest BCUT2D eigenvalue weighted by Gasteiger charge is 2.35. The molecule has 0 aliphatic carbocycles. The van der Waals surface area contributed by atoms with Crippen molar-refractivity contribution in [1.82, 2.24) is 9.55 Å². The zero-order chi connectivity index (χ0) is 24.3. The predicted molar refractivity (Wildman–Crippen MR) is 126 cm³/mol. The number of carbonyl (C=O) groups is 1. The van der Waals surface area contributed by atoms with Crippen LogP contribution < -0.4 is 10.9 Å². The second-order valence-electron chi connectivity index (χ2n) is 7.58. The van der Waals surface area contributed by atoms with Gasteiger partial charge in [0.2, 0.25) is 5.91 Å². The molecule has 1 atom stereocenters. The minimum atomic E-state index is -4.62. The highest BCUT2D eigenvalue weighted by Crippen LogP contribution is 2.36. The summed E-state index contributed by atoms with van der Waals surface area (Å²) in [7, 11) is 0. The lowest BCUT2D eigenvalue weighted by Gasteiger charge is -2.22. The Labute approximate surface area is 197 Å². The minimum absolute atomic E-state index is 0.149. The smallest absolute Gasteiger partial charge is 0.325 e. The number of halogens is 4. The third kappa shape index (κ3) is 5.59. The molecule has 174 valence electrons. The van der Waals surface area contributed by atoms with Gasteiger partial charge in [0.1, 0.15) is 0 Å². The molecule has 5 nitrogen and oxygen atoms in total. The van der Waals surface area contributed by atoms with E-state index in [0.717, 1.165) is 17.8 Å². The quantitative estimate of drug-likeness (QED) is 0.248. The van der Waals surface area contributed by atoms with E-state index < -0.39 is 22.9 Å². The molecule has 1 heterocycles. The molecule has 33 heavy (non-hydrogen) atoms. The second-order valence-corrected chi connectivity index (χ2v) is 9.12. The van der Waals surface area contributed by atoms with E-state index in [1.807, 2.05) is 0 Å². The summed E-state index contributed by atoms with van der Waals surface area (Å²) >= 11 is 7.05. The highest BCUT2D eigenvalue weighted by molar-refractivity contribution is 8.00. The third-order valence-corrected chi connectivity index (χ3v) is 6.55. The number of nitrogens with one attached hydrogen (secondary N) is 1. The number of rotatable bonds is 7. The number of carbonyl (C=O) groups excluding carboxylic acids is 1. The lowest BCUT2D eigenvalue weighted by Crippen LogP contribution is -2.32. The van der Waals surface area contributed by atoms with Gasteiger partial charge in [0.25, 0.3) is 5.56 Å². The van der Waals surface area contributed by atoms with Crippen LogP contribution in [0.1, 0.15) is 19.4 Å². The van der Waals surface area contributed by atoms with Crippen molar-refractivity contribution in [1.29, 1.82) is 0 Å². The summed E-state index contributed by atoms with van der Waals surface area (Å²) in [6, 6.07) is 9.48. The number of anilines is 1. The first-order chi connectivity index (χ1) is 15.5. The van der Waals surface area contributed by atoms with E-state index in [-0.39, 0.29) is 28.9 Å². The molecular formula is C23H21ClF3N3O2S. The van der Waals surface area contributed by atoms with Crippen LogP contribution in [-0.4, -0.2) is 20.7 Å². The Morgan fingerprint density at radius 3 is 2.61 bits per heavy atom. The van der Waals surface area contributed by atoms with Crippen LogP contribution >= 0.6 is 23.4 Å². The van der Waals surface area contributed by atoms with Crippen molar-refractivity contribution >= 4 is 45.9 Å². The molecule has 0 aliphatic heterocycles. The molecule has 3 rings (SSSR count). The maximum atomic E-state index is 13.3. The summed E-state index contributed by atoms with van der Waals surface area (Å²) < 4.78 is 41.4. The Balaban J connectivity index is 2.01. The van der Waals surface area contributed by atoms with Gasteiger partial charge in [0, 0.05) is 11.6 Å². The summed E-state index contributed by atoms with van der Waals surface area (Å²) in [5, 5.41) is 2.56. The van der Waals surface area contributed by atoms with Gasteiger partial charge in [0.15, 0.2) is 5.16 Å². The zero-order valence-corrected chi connectivity index (χ0v) is 19.4. The highest BCUT2D eigenvalue weighted by atomic mass is 35.5. The van der Waals surface area contributed by atoms with E-state index in [1.165, 1.54) is 28.8 Å². The van der Waals surface area contributed by atoms with Crippen LogP contribution in [0.5, 0.6) is 0 Å². The van der Waals surface area contributed by atoms with Gasteiger partial charge in [-0.3, -0.25) is 14.2 Å². The lowest BCUT2D eigenvalue weighted by atomic mass is 10.1. The molecule has 1 N–H and O–H groups in total. The van der Waals surface area contributed by atoms with Crippen molar-refractivity contribution in [3.05, 3.63) is 76.1 Å². The summed E-state index contributed by atoms with van der Waals surface area (Å²) in [5.41, 5.74) is -1.24. The van der Waals surface area contributed by atoms with Gasteiger partial charge < -0.3 is 5.32 Å². The van der Waals surface area contributed by atoms with E-state index in [4.69, 9.17) is 11.6 Å². The second kappa shape index (κ2) is 10.0. The molecule has 0 saturated heterocycles. The molecule has 2 aromatic carbocycles. The Kier molecular flexibility index (Phi) is 7.54. The molecule has 0 saturated carbocycles. The number of thioether (sulfide) groups is 1. The van der Waals surface area contributed by atoms with Crippen LogP contribution in [0.3, 0.4) is 0 Å². The molecule has 0 spiro atoms. The molecular weight excluding hydrogens is 475 g/mol. The molecule has 0 radical (unpaired) electrons. The average molecular weight is 496 g/mol. The molecule has 1 amide bonds. The fourth-order valence-electron chi connectivity index (χ4n) is 3.20. The Bertz CT molecular complexity index is 1260. The first-order valence-electron chi connectivity index (χ1n) is 9.97. The number of alkyl halides is 3. The van der Waals surface area contributed by atoms with Crippen LogP contribution in [0.15, 0.2) is 65.1 Å². The van der Waals surface area contributed by atoms with Crippen LogP contribution in [0.25, 0.3) is 10.9 Å². The van der Waals surface area contributed by atoms with E-state index in [1.54, 1.807) is 32.0 Å². The fourth-order valence-corrected chi connectivity index (χ4v) is 4.47. The van der Waals surface area contributed by atoms with Crippen LogP contribution in [0, 0.1) is 5.92 Å². The number of nitrogens with zero attached hydrogens (tertiary/aromatic N) is 2. The Morgan fingerprint density at radius 1 is 1.27 bits per heavy atom. The first-order valence-corrected chi connectivity index (χ1v) is 11.2. The third-order valence-electron chi connectivity index (χ3n) is 4.78. The van der Waals surface area contributed by atoms with Gasteiger partial charge in [0.05, 0.1) is 27.4 Å². The molecule has 10 heteroatoms. The van der Waals surface area contributed by atoms with Gasteiger partial charge in [-0.1, -0.05) is 55.4 Å². The summed E-state index contributed by atoms with van der Waals surface area (Å²) in [4.78, 5) is 30.6. The number of hydrogen-bond donors (Lipinski definition) is 1. The number of fused-ring (bicyclic) bond motifs is 1. The molecule has 0 bridgehead atoms.